The van der Waals surface area contributed by atoms with Crippen LogP contribution in [0.3, 0.4) is 0 Å². The van der Waals surface area contributed by atoms with Crippen LogP contribution in [0.25, 0.3) is 0 Å². The summed E-state index contributed by atoms with van der Waals surface area (Å²) < 4.78 is 0. The number of pyridine rings is 1. The largest absolute Gasteiger partial charge is 0.303 e. The number of nitrogens with zero attached hydrogens (tertiary/aromatic N) is 4. The quantitative estimate of drug-likeness (QED) is 0.735. The van der Waals surface area contributed by atoms with Gasteiger partial charge in [0, 0.05) is 5.69 Å². The first-order valence-electron chi connectivity index (χ1n) is 8.29. The third-order valence-corrected chi connectivity index (χ3v) is 5.73. The fraction of sp³-hybridized carbons (Fsp3) is 0.263. The van der Waals surface area contributed by atoms with Crippen LogP contribution in [0.1, 0.15) is 30.5 Å². The van der Waals surface area contributed by atoms with Crippen LogP contribution in [0.15, 0.2) is 36.5 Å². The fourth-order valence-electron chi connectivity index (χ4n) is 3.53. The van der Waals surface area contributed by atoms with Crippen LogP contribution in [0.2, 0.25) is 5.02 Å². The highest BCUT2D eigenvalue weighted by molar-refractivity contribution is 7.81. The standard InChI is InChI=1S/C19H15ClN4OS/c1-12-3-5-13(6-4-12)24-18(26)23(17(25)19(24)7-2-8-19)14-9-15(20)16(10-21)22-11-14/h3-6,9,11H,2,7-8H2,1H3. The van der Waals surface area contributed by atoms with Crippen LogP contribution in [0.4, 0.5) is 11.4 Å². The summed E-state index contributed by atoms with van der Waals surface area (Å²) in [5.41, 5.74) is 2.04. The number of thiocarbonyl (C=S) groups is 1. The van der Waals surface area contributed by atoms with Crippen LogP contribution in [0, 0.1) is 18.3 Å². The van der Waals surface area contributed by atoms with Crippen LogP contribution in [-0.2, 0) is 4.79 Å². The molecule has 7 heteroatoms. The second-order valence-corrected chi connectivity index (χ2v) is 7.39. The summed E-state index contributed by atoms with van der Waals surface area (Å²) in [7, 11) is 0. The summed E-state index contributed by atoms with van der Waals surface area (Å²) in [4.78, 5) is 20.8. The van der Waals surface area contributed by atoms with Gasteiger partial charge in [-0.25, -0.2) is 4.98 Å². The molecular weight excluding hydrogens is 368 g/mol. The maximum absolute atomic E-state index is 13.3. The number of carbonyl (C=O) groups is 1. The second kappa shape index (κ2) is 6.04. The molecule has 26 heavy (non-hydrogen) atoms. The molecule has 1 aliphatic carbocycles. The first-order valence-corrected chi connectivity index (χ1v) is 9.07. The molecule has 0 radical (unpaired) electrons. The molecule has 1 aliphatic heterocycles. The van der Waals surface area contributed by atoms with Crippen molar-refractivity contribution in [1.82, 2.24) is 4.98 Å². The Bertz CT molecular complexity index is 962. The summed E-state index contributed by atoms with van der Waals surface area (Å²) in [5, 5.41) is 9.63. The predicted molar refractivity (Wildman–Crippen MR) is 104 cm³/mol. The molecule has 1 amide bonds. The van der Waals surface area contributed by atoms with E-state index in [1.165, 1.54) is 11.1 Å². The number of halogens is 1. The summed E-state index contributed by atoms with van der Waals surface area (Å²) in [6.45, 7) is 2.02. The average Bonchev–Trinajstić information content (AvgIpc) is 2.83. The Morgan fingerprint density at radius 3 is 2.50 bits per heavy atom. The van der Waals surface area contributed by atoms with Crippen molar-refractivity contribution in [3.05, 3.63) is 52.8 Å². The van der Waals surface area contributed by atoms with E-state index >= 15 is 0 Å². The molecule has 2 aromatic rings. The lowest BCUT2D eigenvalue weighted by Crippen LogP contribution is -2.55. The Labute approximate surface area is 161 Å². The van der Waals surface area contributed by atoms with Crippen molar-refractivity contribution in [2.45, 2.75) is 31.7 Å². The zero-order valence-electron chi connectivity index (χ0n) is 14.1. The van der Waals surface area contributed by atoms with Gasteiger partial charge in [0.05, 0.1) is 16.9 Å². The van der Waals surface area contributed by atoms with Gasteiger partial charge >= 0.3 is 0 Å². The molecule has 0 unspecified atom stereocenters. The van der Waals surface area contributed by atoms with Crippen molar-refractivity contribution in [3.8, 4) is 6.07 Å². The third-order valence-electron chi connectivity index (χ3n) is 5.08. The van der Waals surface area contributed by atoms with Crippen molar-refractivity contribution in [2.75, 3.05) is 9.80 Å². The Morgan fingerprint density at radius 1 is 1.27 bits per heavy atom. The average molecular weight is 383 g/mol. The number of hydrogen-bond donors (Lipinski definition) is 0. The minimum atomic E-state index is -0.632. The van der Waals surface area contributed by atoms with E-state index in [1.807, 2.05) is 42.2 Å². The Morgan fingerprint density at radius 2 is 1.96 bits per heavy atom. The molecule has 5 nitrogen and oxygen atoms in total. The van der Waals surface area contributed by atoms with Crippen LogP contribution in [-0.4, -0.2) is 21.5 Å². The van der Waals surface area contributed by atoms with E-state index in [4.69, 9.17) is 29.1 Å². The molecule has 1 saturated carbocycles. The highest BCUT2D eigenvalue weighted by atomic mass is 35.5. The van der Waals surface area contributed by atoms with Crippen molar-refractivity contribution in [1.29, 1.82) is 5.26 Å². The van der Waals surface area contributed by atoms with Gasteiger partial charge in [-0.2, -0.15) is 5.26 Å². The molecule has 0 bridgehead atoms. The van der Waals surface area contributed by atoms with Crippen LogP contribution < -0.4 is 9.80 Å². The van der Waals surface area contributed by atoms with E-state index in [-0.39, 0.29) is 16.6 Å². The maximum atomic E-state index is 13.3. The van der Waals surface area contributed by atoms with Gasteiger partial charge in [-0.1, -0.05) is 29.3 Å². The van der Waals surface area contributed by atoms with Crippen molar-refractivity contribution in [2.24, 2.45) is 0 Å². The van der Waals surface area contributed by atoms with Gasteiger partial charge in [0.15, 0.2) is 10.8 Å². The molecule has 1 saturated heterocycles. The summed E-state index contributed by atoms with van der Waals surface area (Å²) in [6, 6.07) is 11.5. The van der Waals surface area contributed by atoms with Gasteiger partial charge in [0.25, 0.3) is 5.91 Å². The lowest BCUT2D eigenvalue weighted by Gasteiger charge is -2.43. The molecule has 0 N–H and O–H groups in total. The zero-order valence-corrected chi connectivity index (χ0v) is 15.6. The minimum absolute atomic E-state index is 0.0584. The number of hydrogen-bond acceptors (Lipinski definition) is 4. The van der Waals surface area contributed by atoms with Gasteiger partial charge in [-0.3, -0.25) is 9.69 Å². The topological polar surface area (TPSA) is 60.2 Å². The Hall–Kier alpha value is -2.49. The molecular formula is C19H15ClN4OS. The number of benzene rings is 1. The van der Waals surface area contributed by atoms with E-state index in [9.17, 15) is 4.79 Å². The molecule has 1 aromatic heterocycles. The Balaban J connectivity index is 1.80. The SMILES string of the molecule is Cc1ccc(N2C(=S)N(c3cnc(C#N)c(Cl)c3)C(=O)C23CCC3)cc1. The molecule has 1 aromatic carbocycles. The molecule has 2 fully saturated rings. The lowest BCUT2D eigenvalue weighted by molar-refractivity contribution is -0.123. The lowest BCUT2D eigenvalue weighted by atomic mass is 9.75. The highest BCUT2D eigenvalue weighted by Crippen LogP contribution is 2.47. The number of rotatable bonds is 2. The van der Waals surface area contributed by atoms with Gasteiger partial charge in [-0.05, 0) is 56.6 Å². The van der Waals surface area contributed by atoms with E-state index in [1.54, 1.807) is 6.07 Å². The monoisotopic (exact) mass is 382 g/mol. The van der Waals surface area contributed by atoms with Crippen molar-refractivity contribution in [3.63, 3.8) is 0 Å². The zero-order chi connectivity index (χ0) is 18.5. The first kappa shape index (κ1) is 17.0. The summed E-state index contributed by atoms with van der Waals surface area (Å²) in [6.07, 6.45) is 3.97. The number of carbonyl (C=O) groups excluding carboxylic acids is 1. The highest BCUT2D eigenvalue weighted by Gasteiger charge is 2.59. The molecule has 2 heterocycles. The Kier molecular flexibility index (Phi) is 3.94. The summed E-state index contributed by atoms with van der Waals surface area (Å²) >= 11 is 11.8. The third kappa shape index (κ3) is 2.32. The summed E-state index contributed by atoms with van der Waals surface area (Å²) in [5.74, 6) is -0.0584. The normalized spacial score (nSPS) is 18.2. The number of aryl methyl sites for hydroxylation is 1. The smallest absolute Gasteiger partial charge is 0.259 e. The van der Waals surface area contributed by atoms with E-state index in [0.717, 1.165) is 30.5 Å². The van der Waals surface area contributed by atoms with Gasteiger partial charge in [0.2, 0.25) is 0 Å². The number of anilines is 2. The molecule has 0 atom stereocenters. The van der Waals surface area contributed by atoms with Crippen molar-refractivity contribution < 1.29 is 4.79 Å². The van der Waals surface area contributed by atoms with E-state index in [0.29, 0.717) is 10.8 Å². The van der Waals surface area contributed by atoms with Crippen LogP contribution in [0.5, 0.6) is 0 Å². The first-order chi connectivity index (χ1) is 12.5. The van der Waals surface area contributed by atoms with Gasteiger partial charge < -0.3 is 4.90 Å². The fourth-order valence-corrected chi connectivity index (χ4v) is 4.21. The molecule has 1 spiro atoms. The minimum Gasteiger partial charge on any atom is -0.303 e. The number of amides is 1. The van der Waals surface area contributed by atoms with Gasteiger partial charge in [-0.15, -0.1) is 0 Å². The van der Waals surface area contributed by atoms with Gasteiger partial charge in [0.1, 0.15) is 11.6 Å². The van der Waals surface area contributed by atoms with Crippen LogP contribution >= 0.6 is 23.8 Å². The van der Waals surface area contributed by atoms with E-state index < -0.39 is 5.54 Å². The van der Waals surface area contributed by atoms with E-state index in [2.05, 4.69) is 4.98 Å². The maximum Gasteiger partial charge on any atom is 0.259 e. The number of nitriles is 1. The number of aromatic nitrogens is 1. The molecule has 4 rings (SSSR count). The molecule has 2 aliphatic rings. The predicted octanol–water partition coefficient (Wildman–Crippen LogP) is 3.98. The van der Waals surface area contributed by atoms with Crippen molar-refractivity contribution >= 4 is 46.2 Å². The molecule has 130 valence electrons. The second-order valence-electron chi connectivity index (χ2n) is 6.61.